The molecule has 0 saturated carbocycles. The lowest BCUT2D eigenvalue weighted by Crippen LogP contribution is -2.28. The van der Waals surface area contributed by atoms with E-state index in [1.165, 1.54) is 7.05 Å². The molecule has 5 heteroatoms. The summed E-state index contributed by atoms with van der Waals surface area (Å²) in [6.45, 7) is 0.0648. The summed E-state index contributed by atoms with van der Waals surface area (Å²) in [5, 5.41) is 0. The minimum atomic E-state index is -3.50. The van der Waals surface area contributed by atoms with Gasteiger partial charge in [0.15, 0.2) is 0 Å². The average Bonchev–Trinajstić information content (AvgIpc) is 2.10. The van der Waals surface area contributed by atoms with Gasteiger partial charge in [0.05, 0.1) is 6.61 Å². The molecule has 0 bridgehead atoms. The number of nitrogens with zero attached hydrogens (tertiary/aromatic N) is 1. The first-order valence-electron chi connectivity index (χ1n) is 2.66. The fraction of sp³-hybridized carbons (Fsp3) is 0.600. The first-order valence-corrected chi connectivity index (χ1v) is 4.03. The van der Waals surface area contributed by atoms with Gasteiger partial charge in [-0.1, -0.05) is 5.92 Å². The lowest BCUT2D eigenvalue weighted by molar-refractivity contribution is 0.349. The van der Waals surface area contributed by atoms with Gasteiger partial charge in [0.1, 0.15) is 6.04 Å². The molecule has 0 aromatic heterocycles. The second-order valence-corrected chi connectivity index (χ2v) is 3.61. The van der Waals surface area contributed by atoms with Crippen molar-refractivity contribution in [3.05, 3.63) is 0 Å². The van der Waals surface area contributed by atoms with Crippen LogP contribution in [-0.2, 0) is 14.5 Å². The number of terminal acetylenes is 1. The summed E-state index contributed by atoms with van der Waals surface area (Å²) in [5.41, 5.74) is 0. The second kappa shape index (κ2) is 2.23. The van der Waals surface area contributed by atoms with Crippen LogP contribution in [0.4, 0.5) is 0 Å². The Kier molecular flexibility index (Phi) is 1.68. The highest BCUT2D eigenvalue weighted by Gasteiger charge is 2.33. The molecule has 1 aliphatic rings. The van der Waals surface area contributed by atoms with Crippen molar-refractivity contribution in [3.63, 3.8) is 0 Å². The van der Waals surface area contributed by atoms with E-state index in [-0.39, 0.29) is 6.61 Å². The zero-order chi connectivity index (χ0) is 7.78. The Morgan fingerprint density at radius 3 is 2.60 bits per heavy atom. The lowest BCUT2D eigenvalue weighted by Gasteiger charge is -2.07. The second-order valence-electron chi connectivity index (χ2n) is 1.94. The summed E-state index contributed by atoms with van der Waals surface area (Å²) in [5.74, 6) is 2.29. The van der Waals surface area contributed by atoms with Gasteiger partial charge < -0.3 is 0 Å². The quantitative estimate of drug-likeness (QED) is 0.437. The van der Waals surface area contributed by atoms with Crippen LogP contribution < -0.4 is 0 Å². The van der Waals surface area contributed by atoms with E-state index in [4.69, 9.17) is 6.42 Å². The standard InChI is InChI=1S/C5H7NO3S/c1-3-5-4-9-10(7,8)6(5)2/h1,5H,4H2,2H3. The molecule has 10 heavy (non-hydrogen) atoms. The van der Waals surface area contributed by atoms with Crippen molar-refractivity contribution in [1.82, 2.24) is 4.31 Å². The summed E-state index contributed by atoms with van der Waals surface area (Å²) < 4.78 is 26.9. The number of hydrogen-bond acceptors (Lipinski definition) is 3. The van der Waals surface area contributed by atoms with E-state index < -0.39 is 16.3 Å². The molecule has 1 atom stereocenters. The van der Waals surface area contributed by atoms with Crippen molar-refractivity contribution >= 4 is 10.3 Å². The highest BCUT2D eigenvalue weighted by atomic mass is 32.2. The van der Waals surface area contributed by atoms with Crippen molar-refractivity contribution in [1.29, 1.82) is 0 Å². The Labute approximate surface area is 60.0 Å². The molecule has 56 valence electrons. The van der Waals surface area contributed by atoms with Crippen LogP contribution in [-0.4, -0.2) is 32.4 Å². The van der Waals surface area contributed by atoms with Gasteiger partial charge in [0.25, 0.3) is 0 Å². The fourth-order valence-electron chi connectivity index (χ4n) is 0.647. The van der Waals surface area contributed by atoms with Gasteiger partial charge in [0.2, 0.25) is 0 Å². The molecule has 1 aliphatic heterocycles. The van der Waals surface area contributed by atoms with Crippen molar-refractivity contribution in [3.8, 4) is 12.3 Å². The molecule has 0 spiro atoms. The van der Waals surface area contributed by atoms with Gasteiger partial charge in [-0.05, 0) is 0 Å². The zero-order valence-corrected chi connectivity index (χ0v) is 6.26. The molecule has 1 rings (SSSR count). The lowest BCUT2D eigenvalue weighted by atomic mass is 10.3. The topological polar surface area (TPSA) is 46.6 Å². The van der Waals surface area contributed by atoms with Crippen LogP contribution in [0.3, 0.4) is 0 Å². The molecule has 4 nitrogen and oxygen atoms in total. The van der Waals surface area contributed by atoms with Gasteiger partial charge in [-0.15, -0.1) is 6.42 Å². The fourth-order valence-corrected chi connectivity index (χ4v) is 1.55. The SMILES string of the molecule is C#CC1COS(=O)(=O)N1C. The summed E-state index contributed by atoms with van der Waals surface area (Å²) in [6, 6.07) is -0.440. The summed E-state index contributed by atoms with van der Waals surface area (Å²) in [4.78, 5) is 0. The van der Waals surface area contributed by atoms with Crippen LogP contribution in [0.5, 0.6) is 0 Å². The van der Waals surface area contributed by atoms with Crippen molar-refractivity contribution in [2.45, 2.75) is 6.04 Å². The Morgan fingerprint density at radius 2 is 2.40 bits per heavy atom. The first-order chi connectivity index (χ1) is 4.58. The van der Waals surface area contributed by atoms with E-state index in [2.05, 4.69) is 10.1 Å². The molecule has 1 saturated heterocycles. The Balaban J connectivity index is 2.90. The Bertz CT molecular complexity index is 263. The molecule has 0 aromatic carbocycles. The molecule has 1 unspecified atom stereocenters. The van der Waals surface area contributed by atoms with Crippen LogP contribution in [0.1, 0.15) is 0 Å². The molecule has 0 radical (unpaired) electrons. The largest absolute Gasteiger partial charge is 0.339 e. The monoisotopic (exact) mass is 161 g/mol. The number of rotatable bonds is 0. The smallest absolute Gasteiger partial charge is 0.255 e. The van der Waals surface area contributed by atoms with E-state index in [9.17, 15) is 8.42 Å². The third kappa shape index (κ3) is 1.01. The average molecular weight is 161 g/mol. The molecule has 1 heterocycles. The van der Waals surface area contributed by atoms with Gasteiger partial charge in [-0.3, -0.25) is 4.18 Å². The molecule has 0 aromatic rings. The van der Waals surface area contributed by atoms with E-state index in [0.29, 0.717) is 0 Å². The van der Waals surface area contributed by atoms with Crippen LogP contribution in [0.2, 0.25) is 0 Å². The minimum absolute atomic E-state index is 0.0648. The summed E-state index contributed by atoms with van der Waals surface area (Å²) in [7, 11) is -2.10. The summed E-state index contributed by atoms with van der Waals surface area (Å²) >= 11 is 0. The summed E-state index contributed by atoms with van der Waals surface area (Å²) in [6.07, 6.45) is 5.01. The maximum atomic E-state index is 10.7. The van der Waals surface area contributed by atoms with Crippen molar-refractivity contribution < 1.29 is 12.6 Å². The maximum Gasteiger partial charge on any atom is 0.339 e. The maximum absolute atomic E-state index is 10.7. The number of hydrogen-bond donors (Lipinski definition) is 0. The van der Waals surface area contributed by atoms with E-state index >= 15 is 0 Å². The van der Waals surface area contributed by atoms with Crippen molar-refractivity contribution in [2.24, 2.45) is 0 Å². The highest BCUT2D eigenvalue weighted by molar-refractivity contribution is 7.84. The third-order valence-electron chi connectivity index (χ3n) is 1.36. The predicted molar refractivity (Wildman–Crippen MR) is 35.3 cm³/mol. The van der Waals surface area contributed by atoms with Crippen molar-refractivity contribution in [2.75, 3.05) is 13.7 Å². The van der Waals surface area contributed by atoms with E-state index in [0.717, 1.165) is 4.31 Å². The van der Waals surface area contributed by atoms with Gasteiger partial charge in [-0.25, -0.2) is 0 Å². The molecular formula is C5H7NO3S. The Hall–Kier alpha value is -0.570. The van der Waals surface area contributed by atoms with E-state index in [1.54, 1.807) is 0 Å². The van der Waals surface area contributed by atoms with Gasteiger partial charge in [0, 0.05) is 7.05 Å². The third-order valence-corrected chi connectivity index (χ3v) is 2.75. The highest BCUT2D eigenvalue weighted by Crippen LogP contribution is 2.14. The number of likely N-dealkylation sites (N-methyl/N-ethyl adjacent to an activating group) is 1. The van der Waals surface area contributed by atoms with Crippen LogP contribution in [0, 0.1) is 12.3 Å². The first kappa shape index (κ1) is 7.54. The molecule has 0 amide bonds. The molecular weight excluding hydrogens is 154 g/mol. The zero-order valence-electron chi connectivity index (χ0n) is 5.44. The minimum Gasteiger partial charge on any atom is -0.255 e. The normalized spacial score (nSPS) is 31.8. The van der Waals surface area contributed by atoms with E-state index in [1.807, 2.05) is 0 Å². The molecule has 0 aliphatic carbocycles. The van der Waals surface area contributed by atoms with Crippen LogP contribution >= 0.6 is 0 Å². The van der Waals surface area contributed by atoms with Gasteiger partial charge >= 0.3 is 10.3 Å². The Morgan fingerprint density at radius 1 is 1.80 bits per heavy atom. The molecule has 0 N–H and O–H groups in total. The predicted octanol–water partition coefficient (Wildman–Crippen LogP) is -0.805. The van der Waals surface area contributed by atoms with Crippen LogP contribution in [0.15, 0.2) is 0 Å². The molecule has 1 fully saturated rings. The van der Waals surface area contributed by atoms with Gasteiger partial charge in [-0.2, -0.15) is 12.7 Å². The van der Waals surface area contributed by atoms with Crippen LogP contribution in [0.25, 0.3) is 0 Å².